The first kappa shape index (κ1) is 11.5. The lowest BCUT2D eigenvalue weighted by atomic mass is 9.89. The molecular formula is C6H15ClN2. The lowest BCUT2D eigenvalue weighted by molar-refractivity contribution is 0.495. The van der Waals surface area contributed by atoms with E-state index in [4.69, 9.17) is 11.1 Å². The number of amidine groups is 1. The molecule has 9 heavy (non-hydrogen) atoms. The minimum absolute atomic E-state index is 0. The third-order valence-corrected chi connectivity index (χ3v) is 1.61. The molecule has 0 spiro atoms. The van der Waals surface area contributed by atoms with Crippen LogP contribution in [0.1, 0.15) is 27.2 Å². The standard InChI is InChI=1S/C6H14N2.ClH/c1-4-6(2,3)5(7)8;/h4H2,1-3H3,(H3,7,8);1H. The summed E-state index contributed by atoms with van der Waals surface area (Å²) in [6.07, 6.45) is 0.933. The highest BCUT2D eigenvalue weighted by molar-refractivity contribution is 5.85. The molecule has 2 nitrogen and oxygen atoms in total. The first-order valence-electron chi connectivity index (χ1n) is 2.85. The van der Waals surface area contributed by atoms with Gasteiger partial charge in [-0.25, -0.2) is 0 Å². The quantitative estimate of drug-likeness (QED) is 0.458. The van der Waals surface area contributed by atoms with Gasteiger partial charge in [0.1, 0.15) is 0 Å². The number of halogens is 1. The van der Waals surface area contributed by atoms with E-state index >= 15 is 0 Å². The van der Waals surface area contributed by atoms with Gasteiger partial charge < -0.3 is 5.73 Å². The zero-order chi connectivity index (χ0) is 6.78. The molecule has 0 heterocycles. The van der Waals surface area contributed by atoms with Crippen molar-refractivity contribution in [1.82, 2.24) is 0 Å². The Kier molecular flexibility index (Phi) is 4.77. The third kappa shape index (κ3) is 3.36. The van der Waals surface area contributed by atoms with Crippen molar-refractivity contribution >= 4 is 18.2 Å². The van der Waals surface area contributed by atoms with E-state index in [1.165, 1.54) is 0 Å². The summed E-state index contributed by atoms with van der Waals surface area (Å²) in [5, 5.41) is 7.07. The zero-order valence-electron chi connectivity index (χ0n) is 6.19. The zero-order valence-corrected chi connectivity index (χ0v) is 7.01. The van der Waals surface area contributed by atoms with Crippen molar-refractivity contribution in [2.24, 2.45) is 11.1 Å². The van der Waals surface area contributed by atoms with Crippen molar-refractivity contribution in [3.05, 3.63) is 0 Å². The summed E-state index contributed by atoms with van der Waals surface area (Å²) in [4.78, 5) is 0. The maximum absolute atomic E-state index is 7.07. The van der Waals surface area contributed by atoms with Crippen molar-refractivity contribution in [3.63, 3.8) is 0 Å². The molecule has 3 N–H and O–H groups in total. The first-order chi connectivity index (χ1) is 3.50. The molecule has 0 saturated heterocycles. The van der Waals surface area contributed by atoms with Gasteiger partial charge in [-0.3, -0.25) is 5.41 Å². The monoisotopic (exact) mass is 150 g/mol. The first-order valence-corrected chi connectivity index (χ1v) is 2.85. The number of rotatable bonds is 2. The molecule has 0 saturated carbocycles. The molecule has 0 aliphatic rings. The predicted octanol–water partition coefficient (Wildman–Crippen LogP) is 1.78. The van der Waals surface area contributed by atoms with Gasteiger partial charge in [0.25, 0.3) is 0 Å². The van der Waals surface area contributed by atoms with Crippen molar-refractivity contribution in [1.29, 1.82) is 5.41 Å². The number of nitrogens with one attached hydrogen (secondary N) is 1. The van der Waals surface area contributed by atoms with E-state index in [0.717, 1.165) is 6.42 Å². The van der Waals surface area contributed by atoms with E-state index in [0.29, 0.717) is 0 Å². The van der Waals surface area contributed by atoms with Crippen molar-refractivity contribution < 1.29 is 0 Å². The number of hydrogen-bond donors (Lipinski definition) is 2. The summed E-state index contributed by atoms with van der Waals surface area (Å²) in [5.41, 5.74) is 5.17. The second kappa shape index (κ2) is 3.72. The van der Waals surface area contributed by atoms with Gasteiger partial charge in [0.2, 0.25) is 0 Å². The summed E-state index contributed by atoms with van der Waals surface area (Å²) in [6.45, 7) is 5.96. The summed E-state index contributed by atoms with van der Waals surface area (Å²) >= 11 is 0. The molecule has 0 aromatic heterocycles. The number of hydrogen-bond acceptors (Lipinski definition) is 1. The average molecular weight is 151 g/mol. The minimum atomic E-state index is -0.0972. The van der Waals surface area contributed by atoms with Crippen LogP contribution in [0.15, 0.2) is 0 Å². The van der Waals surface area contributed by atoms with Gasteiger partial charge in [-0.15, -0.1) is 12.4 Å². The van der Waals surface area contributed by atoms with Crippen LogP contribution in [-0.2, 0) is 0 Å². The summed E-state index contributed by atoms with van der Waals surface area (Å²) in [7, 11) is 0. The smallest absolute Gasteiger partial charge is 0.0962 e. The highest BCUT2D eigenvalue weighted by Crippen LogP contribution is 2.17. The highest BCUT2D eigenvalue weighted by Gasteiger charge is 2.17. The Morgan fingerprint density at radius 3 is 1.89 bits per heavy atom. The van der Waals surface area contributed by atoms with E-state index in [2.05, 4.69) is 0 Å². The largest absolute Gasteiger partial charge is 0.387 e. The van der Waals surface area contributed by atoms with Crippen molar-refractivity contribution in [3.8, 4) is 0 Å². The van der Waals surface area contributed by atoms with E-state index in [-0.39, 0.29) is 23.7 Å². The van der Waals surface area contributed by atoms with Crippen LogP contribution in [-0.4, -0.2) is 5.84 Å². The van der Waals surface area contributed by atoms with Gasteiger partial charge >= 0.3 is 0 Å². The third-order valence-electron chi connectivity index (χ3n) is 1.61. The molecule has 0 aromatic rings. The van der Waals surface area contributed by atoms with Crippen LogP contribution in [0.5, 0.6) is 0 Å². The van der Waals surface area contributed by atoms with Gasteiger partial charge in [0, 0.05) is 5.41 Å². The van der Waals surface area contributed by atoms with E-state index < -0.39 is 0 Å². The molecule has 3 heteroatoms. The second-order valence-corrected chi connectivity index (χ2v) is 2.65. The molecule has 0 unspecified atom stereocenters. The van der Waals surface area contributed by atoms with Crippen LogP contribution < -0.4 is 5.73 Å². The maximum atomic E-state index is 7.07. The topological polar surface area (TPSA) is 49.9 Å². The lowest BCUT2D eigenvalue weighted by Gasteiger charge is -2.19. The Morgan fingerprint density at radius 1 is 1.56 bits per heavy atom. The Balaban J connectivity index is 0. The predicted molar refractivity (Wildman–Crippen MR) is 43.2 cm³/mol. The molecule has 0 radical (unpaired) electrons. The Bertz CT molecular complexity index is 99.2. The summed E-state index contributed by atoms with van der Waals surface area (Å²) in [6, 6.07) is 0. The van der Waals surface area contributed by atoms with Crippen LogP contribution in [0.2, 0.25) is 0 Å². The minimum Gasteiger partial charge on any atom is -0.387 e. The molecule has 56 valence electrons. The van der Waals surface area contributed by atoms with Gasteiger partial charge in [0.05, 0.1) is 5.84 Å². The summed E-state index contributed by atoms with van der Waals surface area (Å²) < 4.78 is 0. The van der Waals surface area contributed by atoms with Crippen LogP contribution in [0.3, 0.4) is 0 Å². The van der Waals surface area contributed by atoms with Crippen molar-refractivity contribution in [2.45, 2.75) is 27.2 Å². The normalized spacial score (nSPS) is 10.1. The van der Waals surface area contributed by atoms with Gasteiger partial charge in [0.15, 0.2) is 0 Å². The molecule has 0 aliphatic heterocycles. The molecule has 0 aliphatic carbocycles. The van der Waals surface area contributed by atoms with Crippen LogP contribution in [0.4, 0.5) is 0 Å². The SMILES string of the molecule is CCC(C)(C)C(=N)N.Cl. The van der Waals surface area contributed by atoms with Gasteiger partial charge in [-0.1, -0.05) is 20.8 Å². The van der Waals surface area contributed by atoms with E-state index in [9.17, 15) is 0 Å². The van der Waals surface area contributed by atoms with Crippen molar-refractivity contribution in [2.75, 3.05) is 0 Å². The van der Waals surface area contributed by atoms with Gasteiger partial charge in [-0.05, 0) is 6.42 Å². The summed E-state index contributed by atoms with van der Waals surface area (Å²) in [5.74, 6) is 0.278. The van der Waals surface area contributed by atoms with Crippen LogP contribution in [0.25, 0.3) is 0 Å². The Hall–Kier alpha value is -0.240. The fraction of sp³-hybridized carbons (Fsp3) is 0.833. The molecular weight excluding hydrogens is 136 g/mol. The fourth-order valence-electron chi connectivity index (χ4n) is 0.190. The van der Waals surface area contributed by atoms with Crippen LogP contribution in [0, 0.1) is 10.8 Å². The molecule has 0 fully saturated rings. The fourth-order valence-corrected chi connectivity index (χ4v) is 0.190. The molecule has 0 amide bonds. The average Bonchev–Trinajstić information content (AvgIpc) is 1.67. The number of nitrogens with two attached hydrogens (primary N) is 1. The van der Waals surface area contributed by atoms with Gasteiger partial charge in [-0.2, -0.15) is 0 Å². The van der Waals surface area contributed by atoms with E-state index in [1.807, 2.05) is 20.8 Å². The Morgan fingerprint density at radius 2 is 1.89 bits per heavy atom. The lowest BCUT2D eigenvalue weighted by Crippen LogP contribution is -2.29. The second-order valence-electron chi connectivity index (χ2n) is 2.65. The highest BCUT2D eigenvalue weighted by atomic mass is 35.5. The molecule has 0 atom stereocenters. The maximum Gasteiger partial charge on any atom is 0.0962 e. The van der Waals surface area contributed by atoms with E-state index in [1.54, 1.807) is 0 Å². The van der Waals surface area contributed by atoms with Crippen LogP contribution >= 0.6 is 12.4 Å². The molecule has 0 aromatic carbocycles. The Labute approximate surface area is 62.7 Å². The molecule has 0 rings (SSSR count). The molecule has 0 bridgehead atoms.